The molecule has 2 aromatic heterocycles. The van der Waals surface area contributed by atoms with Gasteiger partial charge in [-0.05, 0) is 75.7 Å². The van der Waals surface area contributed by atoms with Crippen LogP contribution in [0.4, 0.5) is 11.6 Å². The Morgan fingerprint density at radius 3 is 2.64 bits per heavy atom. The summed E-state index contributed by atoms with van der Waals surface area (Å²) in [5, 5.41) is 9.19. The summed E-state index contributed by atoms with van der Waals surface area (Å²) in [6.45, 7) is 6.62. The van der Waals surface area contributed by atoms with Gasteiger partial charge in [0, 0.05) is 35.7 Å². The number of benzene rings is 1. The molecule has 7 nitrogen and oxygen atoms in total. The van der Waals surface area contributed by atoms with Crippen LogP contribution in [0.1, 0.15) is 44.2 Å². The molecule has 5 rings (SSSR count). The zero-order valence-corrected chi connectivity index (χ0v) is 20.7. The van der Waals surface area contributed by atoms with Gasteiger partial charge in [0.2, 0.25) is 0 Å². The van der Waals surface area contributed by atoms with Crippen LogP contribution >= 0.6 is 23.2 Å². The van der Waals surface area contributed by atoms with E-state index in [4.69, 9.17) is 28.2 Å². The summed E-state index contributed by atoms with van der Waals surface area (Å²) in [4.78, 5) is 14.1. The third-order valence-electron chi connectivity index (χ3n) is 7.22. The van der Waals surface area contributed by atoms with Gasteiger partial charge < -0.3 is 15.1 Å². The number of anilines is 2. The molecule has 0 bridgehead atoms. The van der Waals surface area contributed by atoms with Gasteiger partial charge in [0.1, 0.15) is 18.0 Å². The molecule has 3 aromatic rings. The van der Waals surface area contributed by atoms with E-state index in [1.54, 1.807) is 16.9 Å². The van der Waals surface area contributed by atoms with Crippen LogP contribution < -0.4 is 10.2 Å². The maximum absolute atomic E-state index is 6.44. The highest BCUT2D eigenvalue weighted by Gasteiger charge is 2.30. The zero-order valence-electron chi connectivity index (χ0n) is 19.2. The minimum Gasteiger partial charge on any atom is -0.363 e. The summed E-state index contributed by atoms with van der Waals surface area (Å²) in [6, 6.07) is 7.63. The fourth-order valence-electron chi connectivity index (χ4n) is 5.41. The van der Waals surface area contributed by atoms with Crippen molar-refractivity contribution in [3.05, 3.63) is 46.2 Å². The van der Waals surface area contributed by atoms with E-state index in [-0.39, 0.29) is 6.04 Å². The molecule has 2 aliphatic heterocycles. The van der Waals surface area contributed by atoms with Crippen molar-refractivity contribution in [2.24, 2.45) is 11.8 Å². The van der Waals surface area contributed by atoms with Crippen LogP contribution in [-0.2, 0) is 0 Å². The lowest BCUT2D eigenvalue weighted by atomic mass is 9.80. The summed E-state index contributed by atoms with van der Waals surface area (Å²) in [6.07, 6.45) is 6.69. The summed E-state index contributed by atoms with van der Waals surface area (Å²) < 4.78 is 1.74. The molecule has 0 unspecified atom stereocenters. The highest BCUT2D eigenvalue weighted by atomic mass is 35.5. The zero-order chi connectivity index (χ0) is 22.9. The predicted octanol–water partition coefficient (Wildman–Crippen LogP) is 5.16. The van der Waals surface area contributed by atoms with Gasteiger partial charge >= 0.3 is 0 Å². The maximum Gasteiger partial charge on any atom is 0.256 e. The molecule has 9 heteroatoms. The first-order valence-electron chi connectivity index (χ1n) is 11.8. The second kappa shape index (κ2) is 9.65. The summed E-state index contributed by atoms with van der Waals surface area (Å²) in [5.74, 6) is 4.04. The fraction of sp³-hybridized carbons (Fsp3) is 0.542. The molecule has 0 radical (unpaired) electrons. The first-order valence-corrected chi connectivity index (χ1v) is 12.6. The molecule has 1 N–H and O–H groups in total. The second-order valence-electron chi connectivity index (χ2n) is 9.49. The number of nitrogens with one attached hydrogen (secondary N) is 1. The molecule has 176 valence electrons. The van der Waals surface area contributed by atoms with Crippen molar-refractivity contribution in [3.8, 4) is 0 Å². The van der Waals surface area contributed by atoms with Gasteiger partial charge in [-0.3, -0.25) is 0 Å². The third kappa shape index (κ3) is 4.91. The van der Waals surface area contributed by atoms with Gasteiger partial charge in [-0.15, -0.1) is 0 Å². The van der Waals surface area contributed by atoms with Crippen LogP contribution in [0.25, 0.3) is 5.78 Å². The highest BCUT2D eigenvalue weighted by Crippen LogP contribution is 2.34. The highest BCUT2D eigenvalue weighted by molar-refractivity contribution is 6.35. The van der Waals surface area contributed by atoms with E-state index in [1.165, 1.54) is 38.8 Å². The predicted molar refractivity (Wildman–Crippen MR) is 134 cm³/mol. The normalized spacial score (nSPS) is 21.5. The number of likely N-dealkylation sites (tertiary alicyclic amines) is 1. The van der Waals surface area contributed by atoms with Crippen molar-refractivity contribution in [1.29, 1.82) is 0 Å². The lowest BCUT2D eigenvalue weighted by Crippen LogP contribution is -2.41. The van der Waals surface area contributed by atoms with Crippen molar-refractivity contribution in [3.63, 3.8) is 0 Å². The molecule has 0 spiro atoms. The molecule has 4 heterocycles. The largest absolute Gasteiger partial charge is 0.363 e. The van der Waals surface area contributed by atoms with Gasteiger partial charge in [0.25, 0.3) is 5.78 Å². The molecule has 0 aliphatic carbocycles. The molecule has 2 fully saturated rings. The summed E-state index contributed by atoms with van der Waals surface area (Å²) in [7, 11) is 2.26. The molecule has 2 saturated heterocycles. The van der Waals surface area contributed by atoms with Gasteiger partial charge in [0.05, 0.1) is 6.04 Å². The Morgan fingerprint density at radius 2 is 1.88 bits per heavy atom. The van der Waals surface area contributed by atoms with E-state index in [9.17, 15) is 0 Å². The number of hydrogen-bond acceptors (Lipinski definition) is 6. The van der Waals surface area contributed by atoms with E-state index in [0.29, 0.717) is 15.8 Å². The van der Waals surface area contributed by atoms with Crippen molar-refractivity contribution < 1.29 is 0 Å². The minimum absolute atomic E-state index is 0.0357. The van der Waals surface area contributed by atoms with E-state index < -0.39 is 0 Å². The number of hydrogen-bond donors (Lipinski definition) is 1. The van der Waals surface area contributed by atoms with Crippen LogP contribution in [0, 0.1) is 11.8 Å². The smallest absolute Gasteiger partial charge is 0.256 e. The van der Waals surface area contributed by atoms with Crippen molar-refractivity contribution >= 4 is 40.6 Å². The average Bonchev–Trinajstić information content (AvgIpc) is 3.28. The van der Waals surface area contributed by atoms with Crippen molar-refractivity contribution in [2.45, 2.75) is 38.6 Å². The fourth-order valence-corrected chi connectivity index (χ4v) is 5.98. The Hall–Kier alpha value is -2.09. The van der Waals surface area contributed by atoms with Crippen LogP contribution in [0.15, 0.2) is 30.6 Å². The average molecular weight is 488 g/mol. The topological polar surface area (TPSA) is 61.6 Å². The Kier molecular flexibility index (Phi) is 6.63. The van der Waals surface area contributed by atoms with Crippen molar-refractivity contribution in [1.82, 2.24) is 24.5 Å². The van der Waals surface area contributed by atoms with Crippen LogP contribution in [0.3, 0.4) is 0 Å². The molecule has 2 aliphatic rings. The van der Waals surface area contributed by atoms with Crippen LogP contribution in [0.2, 0.25) is 10.0 Å². The monoisotopic (exact) mass is 487 g/mol. The number of nitrogens with zero attached hydrogens (tertiary/aromatic N) is 6. The minimum atomic E-state index is -0.0357. The number of piperidine rings is 2. The Labute approximate surface area is 205 Å². The first-order chi connectivity index (χ1) is 16.0. The molecule has 2 atom stereocenters. The first kappa shape index (κ1) is 22.7. The van der Waals surface area contributed by atoms with E-state index >= 15 is 0 Å². The van der Waals surface area contributed by atoms with E-state index in [1.807, 2.05) is 12.1 Å². The molecule has 0 saturated carbocycles. The summed E-state index contributed by atoms with van der Waals surface area (Å²) in [5.41, 5.74) is 0.978. The van der Waals surface area contributed by atoms with Gasteiger partial charge in [-0.2, -0.15) is 19.6 Å². The maximum atomic E-state index is 6.44. The lowest BCUT2D eigenvalue weighted by molar-refractivity contribution is 0.143. The van der Waals surface area contributed by atoms with Crippen LogP contribution in [0.5, 0.6) is 0 Å². The lowest BCUT2D eigenvalue weighted by Gasteiger charge is -2.40. The van der Waals surface area contributed by atoms with Gasteiger partial charge in [0.15, 0.2) is 0 Å². The number of fused-ring (bicyclic) bond motifs is 1. The Balaban J connectivity index is 1.33. The molecule has 33 heavy (non-hydrogen) atoms. The molecule has 1 aromatic carbocycles. The van der Waals surface area contributed by atoms with Gasteiger partial charge in [-0.1, -0.05) is 29.3 Å². The van der Waals surface area contributed by atoms with Gasteiger partial charge in [-0.25, -0.2) is 0 Å². The van der Waals surface area contributed by atoms with E-state index in [0.717, 1.165) is 42.1 Å². The van der Waals surface area contributed by atoms with Crippen molar-refractivity contribution in [2.75, 3.05) is 43.4 Å². The Morgan fingerprint density at radius 1 is 1.06 bits per heavy atom. The number of halogens is 2. The van der Waals surface area contributed by atoms with Crippen LogP contribution in [-0.4, -0.2) is 57.7 Å². The number of aromatic nitrogens is 4. The third-order valence-corrected chi connectivity index (χ3v) is 7.79. The molecular formula is C24H31Cl2N7. The second-order valence-corrected chi connectivity index (χ2v) is 10.3. The Bertz CT molecular complexity index is 1110. The quantitative estimate of drug-likeness (QED) is 0.535. The standard InChI is InChI=1S/C24H31Cl2N7/c1-16(20-6-5-19(25)12-21(20)26)29-23-13-22(30-24-27-15-28-33(23)24)32-10-7-17(8-11-32)18-4-3-9-31(2)14-18/h5-6,12-13,15-18,29H,3-4,7-11,14H2,1-2H3/t16-,18+/m1/s1. The number of rotatable bonds is 5. The summed E-state index contributed by atoms with van der Waals surface area (Å²) >= 11 is 12.5. The molecule has 0 amide bonds. The van der Waals surface area contributed by atoms with E-state index in [2.05, 4.69) is 45.2 Å². The molecular weight excluding hydrogens is 457 g/mol. The SMILES string of the molecule is C[C@@H](Nc1cc(N2CCC([C@H]3CCCN(C)C3)CC2)nc2ncnn12)c1ccc(Cl)cc1Cl.